The summed E-state index contributed by atoms with van der Waals surface area (Å²) >= 11 is 0. The summed E-state index contributed by atoms with van der Waals surface area (Å²) < 4.78 is 18.8. The number of nitrogens with one attached hydrogen (secondary N) is 1. The highest BCUT2D eigenvalue weighted by atomic mass is 19.1. The normalized spacial score (nSPS) is 16.8. The molecule has 0 saturated carbocycles. The number of halogens is 1. The average Bonchev–Trinajstić information content (AvgIpc) is 2.94. The standard InChI is InChI=1S/C18H17FN2O3/c1-12-5-4-6-13(9-12)21-11-14(24-18(21)23)10-20-17(22)15-7-2-3-8-16(15)19/h2-9,14H,10-11H2,1H3,(H,20,22). The maximum Gasteiger partial charge on any atom is 0.414 e. The Balaban J connectivity index is 1.61. The van der Waals surface area contributed by atoms with Crippen molar-refractivity contribution in [3.63, 3.8) is 0 Å². The first-order valence-corrected chi connectivity index (χ1v) is 7.62. The van der Waals surface area contributed by atoms with Gasteiger partial charge < -0.3 is 10.1 Å². The van der Waals surface area contributed by atoms with Crippen LogP contribution in [-0.4, -0.2) is 31.2 Å². The third-order valence-corrected chi connectivity index (χ3v) is 3.80. The fourth-order valence-electron chi connectivity index (χ4n) is 2.58. The van der Waals surface area contributed by atoms with Crippen LogP contribution < -0.4 is 10.2 Å². The molecule has 2 aromatic carbocycles. The van der Waals surface area contributed by atoms with Crippen LogP contribution >= 0.6 is 0 Å². The molecule has 0 spiro atoms. The van der Waals surface area contributed by atoms with Crippen LogP contribution in [0.5, 0.6) is 0 Å². The zero-order chi connectivity index (χ0) is 17.1. The molecule has 1 unspecified atom stereocenters. The molecule has 5 nitrogen and oxygen atoms in total. The fourth-order valence-corrected chi connectivity index (χ4v) is 2.58. The second-order valence-corrected chi connectivity index (χ2v) is 5.65. The molecular formula is C18H17FN2O3. The van der Waals surface area contributed by atoms with Crippen LogP contribution in [0.15, 0.2) is 48.5 Å². The number of amides is 2. The van der Waals surface area contributed by atoms with Crippen molar-refractivity contribution < 1.29 is 18.7 Å². The molecule has 0 aliphatic carbocycles. The molecule has 1 aliphatic heterocycles. The fraction of sp³-hybridized carbons (Fsp3) is 0.222. The van der Waals surface area contributed by atoms with Gasteiger partial charge in [-0.2, -0.15) is 0 Å². The Morgan fingerprint density at radius 1 is 1.29 bits per heavy atom. The van der Waals surface area contributed by atoms with Crippen LogP contribution in [0.1, 0.15) is 15.9 Å². The number of aryl methyl sites for hydroxylation is 1. The van der Waals surface area contributed by atoms with Gasteiger partial charge in [0.25, 0.3) is 5.91 Å². The van der Waals surface area contributed by atoms with Crippen molar-refractivity contribution in [2.75, 3.05) is 18.0 Å². The first kappa shape index (κ1) is 16.0. The van der Waals surface area contributed by atoms with E-state index in [1.165, 1.54) is 23.1 Å². The Kier molecular flexibility index (Phi) is 4.46. The van der Waals surface area contributed by atoms with Gasteiger partial charge in [0.15, 0.2) is 0 Å². The third kappa shape index (κ3) is 3.37. The van der Waals surface area contributed by atoms with Gasteiger partial charge in [-0.3, -0.25) is 9.69 Å². The molecule has 6 heteroatoms. The molecule has 2 aromatic rings. The largest absolute Gasteiger partial charge is 0.442 e. The Morgan fingerprint density at radius 3 is 2.83 bits per heavy atom. The number of anilines is 1. The Morgan fingerprint density at radius 2 is 2.08 bits per heavy atom. The van der Waals surface area contributed by atoms with Crippen LogP contribution in [0.4, 0.5) is 14.9 Å². The quantitative estimate of drug-likeness (QED) is 0.939. The van der Waals surface area contributed by atoms with Crippen molar-refractivity contribution in [3.8, 4) is 0 Å². The van der Waals surface area contributed by atoms with Gasteiger partial charge in [-0.15, -0.1) is 0 Å². The first-order valence-electron chi connectivity index (χ1n) is 7.62. The lowest BCUT2D eigenvalue weighted by atomic mass is 10.2. The van der Waals surface area contributed by atoms with Gasteiger partial charge in [-0.05, 0) is 36.8 Å². The Hall–Kier alpha value is -2.89. The van der Waals surface area contributed by atoms with Gasteiger partial charge in [0.1, 0.15) is 11.9 Å². The van der Waals surface area contributed by atoms with Crippen LogP contribution in [0.3, 0.4) is 0 Å². The molecule has 0 radical (unpaired) electrons. The van der Waals surface area contributed by atoms with Gasteiger partial charge in [-0.1, -0.05) is 24.3 Å². The number of carbonyl (C=O) groups excluding carboxylic acids is 2. The minimum Gasteiger partial charge on any atom is -0.442 e. The monoisotopic (exact) mass is 328 g/mol. The van der Waals surface area contributed by atoms with Crippen LogP contribution in [0.25, 0.3) is 0 Å². The molecule has 1 N–H and O–H groups in total. The number of nitrogens with zero attached hydrogens (tertiary/aromatic N) is 1. The highest BCUT2D eigenvalue weighted by Gasteiger charge is 2.32. The van der Waals surface area contributed by atoms with Crippen molar-refractivity contribution in [2.45, 2.75) is 13.0 Å². The summed E-state index contributed by atoms with van der Waals surface area (Å²) in [6.07, 6.45) is -0.931. The van der Waals surface area contributed by atoms with Crippen molar-refractivity contribution in [2.24, 2.45) is 0 Å². The SMILES string of the molecule is Cc1cccc(N2CC(CNC(=O)c3ccccc3F)OC2=O)c1. The molecular weight excluding hydrogens is 311 g/mol. The average molecular weight is 328 g/mol. The van der Waals surface area contributed by atoms with E-state index in [0.717, 1.165) is 11.3 Å². The predicted molar refractivity (Wildman–Crippen MR) is 87.5 cm³/mol. The lowest BCUT2D eigenvalue weighted by molar-refractivity contribution is 0.0912. The molecule has 0 aromatic heterocycles. The first-order chi connectivity index (χ1) is 11.5. The van der Waals surface area contributed by atoms with E-state index < -0.39 is 23.9 Å². The van der Waals surface area contributed by atoms with Crippen LogP contribution in [0.2, 0.25) is 0 Å². The van der Waals surface area contributed by atoms with E-state index in [9.17, 15) is 14.0 Å². The predicted octanol–water partition coefficient (Wildman–Crippen LogP) is 2.89. The summed E-state index contributed by atoms with van der Waals surface area (Å²) in [6, 6.07) is 13.3. The molecule has 1 heterocycles. The molecule has 1 aliphatic rings. The van der Waals surface area contributed by atoms with E-state index in [2.05, 4.69) is 5.32 Å². The summed E-state index contributed by atoms with van der Waals surface area (Å²) in [5.74, 6) is -1.11. The summed E-state index contributed by atoms with van der Waals surface area (Å²) in [4.78, 5) is 25.5. The molecule has 124 valence electrons. The number of hydrogen-bond donors (Lipinski definition) is 1. The second-order valence-electron chi connectivity index (χ2n) is 5.65. The molecule has 1 saturated heterocycles. The van der Waals surface area contributed by atoms with Crippen molar-refractivity contribution in [1.82, 2.24) is 5.32 Å². The Bertz CT molecular complexity index is 778. The van der Waals surface area contributed by atoms with Gasteiger partial charge >= 0.3 is 6.09 Å². The lowest BCUT2D eigenvalue weighted by Crippen LogP contribution is -2.35. The van der Waals surface area contributed by atoms with E-state index in [4.69, 9.17) is 4.74 Å². The van der Waals surface area contributed by atoms with Gasteiger partial charge in [-0.25, -0.2) is 9.18 Å². The topological polar surface area (TPSA) is 58.6 Å². The summed E-state index contributed by atoms with van der Waals surface area (Å²) in [5, 5.41) is 2.60. The van der Waals surface area contributed by atoms with E-state index in [-0.39, 0.29) is 12.1 Å². The summed E-state index contributed by atoms with van der Waals surface area (Å²) in [7, 11) is 0. The van der Waals surface area contributed by atoms with Crippen molar-refractivity contribution in [1.29, 1.82) is 0 Å². The van der Waals surface area contributed by atoms with Crippen LogP contribution in [0, 0.1) is 12.7 Å². The van der Waals surface area contributed by atoms with E-state index >= 15 is 0 Å². The molecule has 0 bridgehead atoms. The smallest absolute Gasteiger partial charge is 0.414 e. The number of benzene rings is 2. The van der Waals surface area contributed by atoms with Gasteiger partial charge in [0.2, 0.25) is 0 Å². The Labute approximate surface area is 139 Å². The van der Waals surface area contributed by atoms with Crippen molar-refractivity contribution >= 4 is 17.7 Å². The number of ether oxygens (including phenoxy) is 1. The maximum atomic E-state index is 13.6. The molecule has 1 fully saturated rings. The number of cyclic esters (lactones) is 1. The van der Waals surface area contributed by atoms with Gasteiger partial charge in [0.05, 0.1) is 18.7 Å². The number of rotatable bonds is 4. The minimum absolute atomic E-state index is 0.0302. The van der Waals surface area contributed by atoms with E-state index in [1.807, 2.05) is 31.2 Å². The summed E-state index contributed by atoms with van der Waals surface area (Å²) in [5.41, 5.74) is 1.76. The zero-order valence-electron chi connectivity index (χ0n) is 13.2. The minimum atomic E-state index is -0.584. The number of hydrogen-bond acceptors (Lipinski definition) is 3. The van der Waals surface area contributed by atoms with Gasteiger partial charge in [0, 0.05) is 5.69 Å². The van der Waals surface area contributed by atoms with E-state index in [1.54, 1.807) is 6.07 Å². The lowest BCUT2D eigenvalue weighted by Gasteiger charge is -2.13. The van der Waals surface area contributed by atoms with E-state index in [0.29, 0.717) is 6.54 Å². The molecule has 1 atom stereocenters. The van der Waals surface area contributed by atoms with Crippen molar-refractivity contribution in [3.05, 3.63) is 65.5 Å². The second kappa shape index (κ2) is 6.70. The molecule has 2 amide bonds. The number of carbonyl (C=O) groups is 2. The van der Waals surface area contributed by atoms with Crippen LogP contribution in [-0.2, 0) is 4.74 Å². The summed E-state index contributed by atoms with van der Waals surface area (Å²) in [6.45, 7) is 2.40. The highest BCUT2D eigenvalue weighted by Crippen LogP contribution is 2.22. The highest BCUT2D eigenvalue weighted by molar-refractivity contribution is 5.94. The molecule has 24 heavy (non-hydrogen) atoms. The zero-order valence-corrected chi connectivity index (χ0v) is 13.2. The third-order valence-electron chi connectivity index (χ3n) is 3.80. The molecule has 3 rings (SSSR count). The maximum absolute atomic E-state index is 13.6.